The summed E-state index contributed by atoms with van der Waals surface area (Å²) in [7, 11) is 0. The topological polar surface area (TPSA) is 85.1 Å². The quantitative estimate of drug-likeness (QED) is 0.268. The zero-order valence-electron chi connectivity index (χ0n) is 18.1. The molecule has 1 unspecified atom stereocenters. The molecular weight excluding hydrogens is 394 g/mol. The van der Waals surface area contributed by atoms with Crippen LogP contribution in [0.3, 0.4) is 0 Å². The Hall–Kier alpha value is -2.64. The number of ether oxygens (including phenoxy) is 1. The molecule has 0 aliphatic rings. The van der Waals surface area contributed by atoms with Crippen molar-refractivity contribution in [1.82, 2.24) is 9.97 Å². The second-order valence-electron chi connectivity index (χ2n) is 7.83. The van der Waals surface area contributed by atoms with Crippen LogP contribution in [0.15, 0.2) is 48.2 Å². The number of thiazole rings is 1. The molecule has 0 amide bonds. The molecule has 1 atom stereocenters. The third-order valence-electron chi connectivity index (χ3n) is 5.65. The van der Waals surface area contributed by atoms with Crippen molar-refractivity contribution in [3.63, 3.8) is 0 Å². The van der Waals surface area contributed by atoms with Crippen molar-refractivity contribution >= 4 is 33.4 Å². The Bertz CT molecular complexity index is 920. The minimum atomic E-state index is -0.434. The molecule has 0 fully saturated rings. The van der Waals surface area contributed by atoms with Gasteiger partial charge >= 0.3 is 0 Å². The van der Waals surface area contributed by atoms with Gasteiger partial charge < -0.3 is 21.1 Å². The van der Waals surface area contributed by atoms with E-state index in [1.807, 2.05) is 42.8 Å². The molecule has 0 aliphatic carbocycles. The summed E-state index contributed by atoms with van der Waals surface area (Å²) in [6.07, 6.45) is 5.19. The van der Waals surface area contributed by atoms with E-state index in [0.717, 1.165) is 40.5 Å². The van der Waals surface area contributed by atoms with Crippen molar-refractivity contribution in [3.05, 3.63) is 59.5 Å². The third kappa shape index (κ3) is 5.29. The summed E-state index contributed by atoms with van der Waals surface area (Å²) in [4.78, 5) is 8.81. The lowest BCUT2D eigenvalue weighted by Gasteiger charge is -2.30. The Kier molecular flexibility index (Phi) is 7.29. The van der Waals surface area contributed by atoms with E-state index < -0.39 is 6.23 Å². The van der Waals surface area contributed by atoms with Crippen molar-refractivity contribution in [1.29, 1.82) is 0 Å². The molecule has 3 aromatic rings. The van der Waals surface area contributed by atoms with Crippen LogP contribution < -0.4 is 16.4 Å². The molecular formula is C23H31N5OS. The van der Waals surface area contributed by atoms with Gasteiger partial charge in [0.1, 0.15) is 10.7 Å². The first-order valence-electron chi connectivity index (χ1n) is 10.3. The predicted molar refractivity (Wildman–Crippen MR) is 126 cm³/mol. The summed E-state index contributed by atoms with van der Waals surface area (Å²) in [6.45, 7) is 9.31. The number of rotatable bonds is 10. The molecule has 1 aromatic carbocycles. The minimum Gasteiger partial charge on any atom is -0.397 e. The summed E-state index contributed by atoms with van der Waals surface area (Å²) in [5, 5.41) is 7.84. The molecule has 0 aliphatic heterocycles. The van der Waals surface area contributed by atoms with Gasteiger partial charge in [-0.25, -0.2) is 4.98 Å². The van der Waals surface area contributed by atoms with E-state index in [4.69, 9.17) is 10.5 Å². The first-order chi connectivity index (χ1) is 14.5. The van der Waals surface area contributed by atoms with Crippen LogP contribution in [0.5, 0.6) is 0 Å². The van der Waals surface area contributed by atoms with E-state index in [-0.39, 0.29) is 5.41 Å². The Labute approximate surface area is 182 Å². The van der Waals surface area contributed by atoms with Gasteiger partial charge in [-0.3, -0.25) is 4.98 Å². The number of hydrogen-bond acceptors (Lipinski definition) is 7. The number of aromatic nitrogens is 2. The van der Waals surface area contributed by atoms with Gasteiger partial charge in [0.15, 0.2) is 6.23 Å². The Balaban J connectivity index is 1.91. The largest absolute Gasteiger partial charge is 0.397 e. The number of nitrogens with two attached hydrogens (primary N) is 1. The fourth-order valence-corrected chi connectivity index (χ4v) is 3.78. The highest BCUT2D eigenvalue weighted by Crippen LogP contribution is 2.36. The molecule has 2 aromatic heterocycles. The van der Waals surface area contributed by atoms with Gasteiger partial charge in [0.05, 0.1) is 35.4 Å². The number of pyridine rings is 1. The lowest BCUT2D eigenvalue weighted by molar-refractivity contribution is 0.00414. The summed E-state index contributed by atoms with van der Waals surface area (Å²) < 4.78 is 6.45. The first kappa shape index (κ1) is 22.1. The van der Waals surface area contributed by atoms with Crippen LogP contribution >= 0.6 is 11.3 Å². The van der Waals surface area contributed by atoms with Crippen molar-refractivity contribution in [2.75, 3.05) is 23.0 Å². The average molecular weight is 426 g/mol. The predicted octanol–water partition coefficient (Wildman–Crippen LogP) is 6.13. The van der Waals surface area contributed by atoms with Gasteiger partial charge in [-0.1, -0.05) is 32.9 Å². The van der Waals surface area contributed by atoms with Crippen LogP contribution in [0, 0.1) is 12.3 Å². The zero-order chi connectivity index (χ0) is 21.6. The number of anilines is 4. The fraction of sp³-hybridized carbons (Fsp3) is 0.391. The van der Waals surface area contributed by atoms with Crippen LogP contribution in [0.2, 0.25) is 0 Å². The van der Waals surface area contributed by atoms with Crippen molar-refractivity contribution in [2.45, 2.75) is 46.8 Å². The maximum absolute atomic E-state index is 6.45. The molecule has 0 radical (unpaired) electrons. The van der Waals surface area contributed by atoms with Crippen LogP contribution in [-0.4, -0.2) is 16.6 Å². The monoisotopic (exact) mass is 425 g/mol. The first-order valence-corrected chi connectivity index (χ1v) is 11.2. The fourth-order valence-electron chi connectivity index (χ4n) is 3.05. The summed E-state index contributed by atoms with van der Waals surface area (Å²) in [5.74, 6) is 0. The normalized spacial score (nSPS) is 12.5. The molecule has 0 saturated heterocycles. The standard InChI is InChI=1S/C23H31N5OS/c1-5-23(4,6-2)14-29-21(28-19-16(3)9-7-11-18(19)24)20-22(30-15-26-20)27-17-10-8-12-25-13-17/h7-13,15,21,27-28H,5-6,14,24H2,1-4H3. The van der Waals surface area contributed by atoms with E-state index in [9.17, 15) is 0 Å². The van der Waals surface area contributed by atoms with Crippen LogP contribution in [0.1, 0.15) is 51.1 Å². The van der Waals surface area contributed by atoms with Gasteiger partial charge in [0.25, 0.3) is 0 Å². The molecule has 0 bridgehead atoms. The lowest BCUT2D eigenvalue weighted by atomic mass is 9.86. The SMILES string of the molecule is CCC(C)(CC)COC(Nc1c(C)cccc1N)c1ncsc1Nc1cccnc1. The number of nitrogens with zero attached hydrogens (tertiary/aromatic N) is 2. The van der Waals surface area contributed by atoms with Gasteiger partial charge in [-0.15, -0.1) is 11.3 Å². The summed E-state index contributed by atoms with van der Waals surface area (Å²) in [5.41, 5.74) is 12.5. The zero-order valence-corrected chi connectivity index (χ0v) is 18.9. The lowest BCUT2D eigenvalue weighted by Crippen LogP contribution is -2.26. The highest BCUT2D eigenvalue weighted by molar-refractivity contribution is 7.14. The Morgan fingerprint density at radius 3 is 2.67 bits per heavy atom. The van der Waals surface area contributed by atoms with Crippen molar-refractivity contribution in [2.24, 2.45) is 5.41 Å². The molecule has 0 spiro atoms. The van der Waals surface area contributed by atoms with Gasteiger partial charge in [0.2, 0.25) is 0 Å². The number of nitrogens with one attached hydrogen (secondary N) is 2. The van der Waals surface area contributed by atoms with E-state index in [0.29, 0.717) is 12.3 Å². The van der Waals surface area contributed by atoms with Gasteiger partial charge in [-0.2, -0.15) is 0 Å². The molecule has 7 heteroatoms. The number of hydrogen-bond donors (Lipinski definition) is 3. The Morgan fingerprint density at radius 1 is 1.20 bits per heavy atom. The second kappa shape index (κ2) is 9.91. The Morgan fingerprint density at radius 2 is 2.00 bits per heavy atom. The highest BCUT2D eigenvalue weighted by Gasteiger charge is 2.26. The maximum atomic E-state index is 6.45. The maximum Gasteiger partial charge on any atom is 0.174 e. The number of aryl methyl sites for hydroxylation is 1. The molecule has 3 rings (SSSR count). The van der Waals surface area contributed by atoms with Crippen LogP contribution in [-0.2, 0) is 4.74 Å². The number of para-hydroxylation sites is 1. The molecule has 160 valence electrons. The van der Waals surface area contributed by atoms with Crippen LogP contribution in [0.25, 0.3) is 0 Å². The van der Waals surface area contributed by atoms with Crippen molar-refractivity contribution in [3.8, 4) is 0 Å². The summed E-state index contributed by atoms with van der Waals surface area (Å²) >= 11 is 1.54. The molecule has 0 saturated carbocycles. The van der Waals surface area contributed by atoms with E-state index in [1.54, 1.807) is 12.4 Å². The molecule has 6 nitrogen and oxygen atoms in total. The smallest absolute Gasteiger partial charge is 0.174 e. The van der Waals surface area contributed by atoms with E-state index >= 15 is 0 Å². The third-order valence-corrected chi connectivity index (χ3v) is 6.41. The van der Waals surface area contributed by atoms with Gasteiger partial charge in [-0.05, 0) is 48.9 Å². The number of benzene rings is 1. The average Bonchev–Trinajstić information content (AvgIpc) is 3.21. The van der Waals surface area contributed by atoms with Crippen molar-refractivity contribution < 1.29 is 4.74 Å². The molecule has 2 heterocycles. The second-order valence-corrected chi connectivity index (χ2v) is 8.68. The highest BCUT2D eigenvalue weighted by atomic mass is 32.1. The molecule has 30 heavy (non-hydrogen) atoms. The number of nitrogen functional groups attached to an aromatic ring is 1. The van der Waals surface area contributed by atoms with Gasteiger partial charge in [0, 0.05) is 6.20 Å². The van der Waals surface area contributed by atoms with Crippen LogP contribution in [0.4, 0.5) is 22.1 Å². The minimum absolute atomic E-state index is 0.101. The van der Waals surface area contributed by atoms with E-state index in [1.165, 1.54) is 11.3 Å². The summed E-state index contributed by atoms with van der Waals surface area (Å²) in [6, 6.07) is 9.76. The molecule has 4 N–H and O–H groups in total. The van der Waals surface area contributed by atoms with E-state index in [2.05, 4.69) is 41.4 Å².